The number of hydrogen-bond donors (Lipinski definition) is 2. The summed E-state index contributed by atoms with van der Waals surface area (Å²) in [6, 6.07) is 5.43. The van der Waals surface area contributed by atoms with Crippen LogP contribution in [-0.2, 0) is 6.42 Å². The smallest absolute Gasteiger partial charge is 0.216 e. The van der Waals surface area contributed by atoms with Crippen LogP contribution in [0, 0.1) is 5.95 Å². The second kappa shape index (κ2) is 7.32. The van der Waals surface area contributed by atoms with Crippen molar-refractivity contribution in [2.24, 2.45) is 0 Å². The molecular formula is C20H21FN8. The molecule has 8 nitrogen and oxygen atoms in total. The van der Waals surface area contributed by atoms with E-state index >= 15 is 0 Å². The van der Waals surface area contributed by atoms with Crippen molar-refractivity contribution in [1.82, 2.24) is 30.2 Å². The highest BCUT2D eigenvalue weighted by molar-refractivity contribution is 5.56. The van der Waals surface area contributed by atoms with Crippen LogP contribution in [0.3, 0.4) is 0 Å². The van der Waals surface area contributed by atoms with Gasteiger partial charge < -0.3 is 15.5 Å². The molecule has 0 spiro atoms. The Morgan fingerprint density at radius 2 is 1.93 bits per heavy atom. The first-order valence-electron chi connectivity index (χ1n) is 9.72. The molecule has 0 aliphatic carbocycles. The van der Waals surface area contributed by atoms with Gasteiger partial charge in [0.15, 0.2) is 11.6 Å². The molecule has 3 aromatic rings. The first-order chi connectivity index (χ1) is 14.2. The summed E-state index contributed by atoms with van der Waals surface area (Å²) in [4.78, 5) is 23.8. The van der Waals surface area contributed by atoms with Crippen molar-refractivity contribution in [2.75, 3.05) is 29.9 Å². The quantitative estimate of drug-likeness (QED) is 0.652. The third-order valence-electron chi connectivity index (χ3n) is 5.40. The van der Waals surface area contributed by atoms with Gasteiger partial charge in [-0.15, -0.1) is 0 Å². The Labute approximate surface area is 167 Å². The van der Waals surface area contributed by atoms with Gasteiger partial charge in [-0.05, 0) is 13.0 Å². The molecule has 0 aromatic carbocycles. The Bertz CT molecular complexity index is 1020. The van der Waals surface area contributed by atoms with Gasteiger partial charge in [-0.3, -0.25) is 0 Å². The SMILES string of the molecule is CC1c2cnc(-c3ncccn3)nc2CCN1c1cc(NC2CNC2)cc(F)n1. The second-order valence-corrected chi connectivity index (χ2v) is 7.32. The van der Waals surface area contributed by atoms with Gasteiger partial charge in [0.05, 0.1) is 17.8 Å². The third-order valence-corrected chi connectivity index (χ3v) is 5.40. The molecule has 2 N–H and O–H groups in total. The van der Waals surface area contributed by atoms with Crippen molar-refractivity contribution in [3.05, 3.63) is 54.0 Å². The van der Waals surface area contributed by atoms with Crippen molar-refractivity contribution in [3.63, 3.8) is 0 Å². The molecule has 2 aliphatic heterocycles. The number of nitrogens with zero attached hydrogens (tertiary/aromatic N) is 6. The molecule has 2 aliphatic rings. The van der Waals surface area contributed by atoms with E-state index in [4.69, 9.17) is 0 Å². The number of fused-ring (bicyclic) bond motifs is 1. The van der Waals surface area contributed by atoms with Crippen LogP contribution in [0.5, 0.6) is 0 Å². The highest BCUT2D eigenvalue weighted by Crippen LogP contribution is 2.33. The summed E-state index contributed by atoms with van der Waals surface area (Å²) >= 11 is 0. The summed E-state index contributed by atoms with van der Waals surface area (Å²) < 4.78 is 14.2. The van der Waals surface area contributed by atoms with E-state index in [1.54, 1.807) is 18.5 Å². The van der Waals surface area contributed by atoms with Crippen molar-refractivity contribution >= 4 is 11.5 Å². The van der Waals surface area contributed by atoms with Crippen LogP contribution < -0.4 is 15.5 Å². The highest BCUT2D eigenvalue weighted by Gasteiger charge is 2.28. The minimum absolute atomic E-state index is 0.0167. The molecule has 3 aromatic heterocycles. The summed E-state index contributed by atoms with van der Waals surface area (Å²) in [5.74, 6) is 1.17. The minimum atomic E-state index is -0.483. The van der Waals surface area contributed by atoms with E-state index in [2.05, 4.69) is 47.4 Å². The predicted octanol–water partition coefficient (Wildman–Crippen LogP) is 1.98. The van der Waals surface area contributed by atoms with Gasteiger partial charge >= 0.3 is 0 Å². The lowest BCUT2D eigenvalue weighted by molar-refractivity contribution is 0.471. The average Bonchev–Trinajstić information content (AvgIpc) is 2.71. The first kappa shape index (κ1) is 17.9. The zero-order valence-corrected chi connectivity index (χ0v) is 16.0. The van der Waals surface area contributed by atoms with E-state index in [9.17, 15) is 4.39 Å². The van der Waals surface area contributed by atoms with Crippen LogP contribution in [0.15, 0.2) is 36.8 Å². The van der Waals surface area contributed by atoms with Gasteiger partial charge in [-0.25, -0.2) is 24.9 Å². The molecule has 148 valence electrons. The average molecular weight is 392 g/mol. The zero-order chi connectivity index (χ0) is 19.8. The van der Waals surface area contributed by atoms with Crippen molar-refractivity contribution in [1.29, 1.82) is 0 Å². The molecule has 1 unspecified atom stereocenters. The minimum Gasteiger partial charge on any atom is -0.380 e. The van der Waals surface area contributed by atoms with E-state index in [0.717, 1.165) is 36.5 Å². The van der Waals surface area contributed by atoms with Gasteiger partial charge in [-0.1, -0.05) is 0 Å². The van der Waals surface area contributed by atoms with Crippen LogP contribution in [0.25, 0.3) is 11.6 Å². The fourth-order valence-electron chi connectivity index (χ4n) is 3.74. The zero-order valence-electron chi connectivity index (χ0n) is 16.0. The number of aromatic nitrogens is 5. The number of nitrogens with one attached hydrogen (secondary N) is 2. The van der Waals surface area contributed by atoms with E-state index in [1.807, 2.05) is 12.3 Å². The Morgan fingerprint density at radius 3 is 2.69 bits per heavy atom. The standard InChI is InChI=1S/C20H21FN8/c1-12-15-11-25-20(19-23-4-2-5-24-19)27-16(15)3-6-29(12)18-8-13(7-17(21)28-18)26-14-9-22-10-14/h2,4-5,7-8,11-12,14,22H,3,6,9-10H2,1H3,(H,26,28). The largest absolute Gasteiger partial charge is 0.380 e. The molecular weight excluding hydrogens is 371 g/mol. The summed E-state index contributed by atoms with van der Waals surface area (Å²) in [5, 5.41) is 6.55. The third kappa shape index (κ3) is 3.49. The lowest BCUT2D eigenvalue weighted by Crippen LogP contribution is -2.51. The van der Waals surface area contributed by atoms with Crippen LogP contribution in [-0.4, -0.2) is 50.6 Å². The lowest BCUT2D eigenvalue weighted by Gasteiger charge is -2.36. The Balaban J connectivity index is 1.42. The molecule has 9 heteroatoms. The molecule has 5 rings (SSSR count). The van der Waals surface area contributed by atoms with Gasteiger partial charge in [0.25, 0.3) is 0 Å². The summed E-state index contributed by atoms with van der Waals surface area (Å²) in [7, 11) is 0. The van der Waals surface area contributed by atoms with Gasteiger partial charge in [0.2, 0.25) is 5.95 Å². The fraction of sp³-hybridized carbons (Fsp3) is 0.350. The van der Waals surface area contributed by atoms with E-state index < -0.39 is 5.95 Å². The summed E-state index contributed by atoms with van der Waals surface area (Å²) in [5.41, 5.74) is 2.74. The van der Waals surface area contributed by atoms with Crippen molar-refractivity contribution < 1.29 is 4.39 Å². The maximum absolute atomic E-state index is 14.2. The Kier molecular flexibility index (Phi) is 4.51. The molecule has 1 saturated heterocycles. The normalized spacial score (nSPS) is 18.8. The van der Waals surface area contributed by atoms with Crippen molar-refractivity contribution in [3.8, 4) is 11.6 Å². The lowest BCUT2D eigenvalue weighted by atomic mass is 9.99. The molecule has 5 heterocycles. The van der Waals surface area contributed by atoms with E-state index in [0.29, 0.717) is 30.1 Å². The molecule has 0 bridgehead atoms. The number of pyridine rings is 1. The molecule has 29 heavy (non-hydrogen) atoms. The van der Waals surface area contributed by atoms with Gasteiger partial charge in [0, 0.05) is 68.0 Å². The van der Waals surface area contributed by atoms with Crippen LogP contribution >= 0.6 is 0 Å². The number of halogens is 1. The maximum Gasteiger partial charge on any atom is 0.216 e. The van der Waals surface area contributed by atoms with Crippen LogP contribution in [0.2, 0.25) is 0 Å². The topological polar surface area (TPSA) is 91.8 Å². The Hall–Kier alpha value is -3.20. The summed E-state index contributed by atoms with van der Waals surface area (Å²) in [6.07, 6.45) is 5.89. The molecule has 0 saturated carbocycles. The molecule has 1 fully saturated rings. The first-order valence-corrected chi connectivity index (χ1v) is 9.72. The summed E-state index contributed by atoms with van der Waals surface area (Å²) in [6.45, 7) is 4.53. The fourth-order valence-corrected chi connectivity index (χ4v) is 3.74. The number of anilines is 2. The van der Waals surface area contributed by atoms with Crippen LogP contribution in [0.4, 0.5) is 15.9 Å². The van der Waals surface area contributed by atoms with Crippen molar-refractivity contribution in [2.45, 2.75) is 25.4 Å². The van der Waals surface area contributed by atoms with Gasteiger partial charge in [-0.2, -0.15) is 4.39 Å². The maximum atomic E-state index is 14.2. The predicted molar refractivity (Wildman–Crippen MR) is 107 cm³/mol. The molecule has 0 radical (unpaired) electrons. The molecule has 0 amide bonds. The molecule has 1 atom stereocenters. The van der Waals surface area contributed by atoms with E-state index in [1.165, 1.54) is 6.07 Å². The van der Waals surface area contributed by atoms with E-state index in [-0.39, 0.29) is 6.04 Å². The monoisotopic (exact) mass is 392 g/mol. The van der Waals surface area contributed by atoms with Gasteiger partial charge in [0.1, 0.15) is 5.82 Å². The Morgan fingerprint density at radius 1 is 1.10 bits per heavy atom. The number of hydrogen-bond acceptors (Lipinski definition) is 8. The van der Waals surface area contributed by atoms with Crippen LogP contribution in [0.1, 0.15) is 24.2 Å². The number of rotatable bonds is 4. The second-order valence-electron chi connectivity index (χ2n) is 7.32. The highest BCUT2D eigenvalue weighted by atomic mass is 19.1.